The second kappa shape index (κ2) is 5.84. The molecular weight excluding hydrogens is 236 g/mol. The third kappa shape index (κ3) is 3.21. The minimum atomic E-state index is -1.16. The first-order chi connectivity index (χ1) is 8.34. The standard InChI is InChI=1S/C12H20N2O4/c1-7(2)6-9-10(15)13-4-5-14(9)11(16)8(3)12(17)18/h7-9H,4-6H2,1-3H3,(H,13,15)(H,17,18). The van der Waals surface area contributed by atoms with Crippen LogP contribution in [0.5, 0.6) is 0 Å². The van der Waals surface area contributed by atoms with Crippen LogP contribution in [-0.4, -0.2) is 46.9 Å². The van der Waals surface area contributed by atoms with Gasteiger partial charge < -0.3 is 15.3 Å². The molecule has 2 atom stereocenters. The molecule has 0 bridgehead atoms. The highest BCUT2D eigenvalue weighted by atomic mass is 16.4. The second-order valence-corrected chi connectivity index (χ2v) is 5.03. The van der Waals surface area contributed by atoms with Crippen LogP contribution in [0.3, 0.4) is 0 Å². The van der Waals surface area contributed by atoms with Crippen LogP contribution in [0.15, 0.2) is 0 Å². The van der Waals surface area contributed by atoms with Gasteiger partial charge in [-0.15, -0.1) is 0 Å². The molecule has 18 heavy (non-hydrogen) atoms. The fourth-order valence-electron chi connectivity index (χ4n) is 2.01. The third-order valence-electron chi connectivity index (χ3n) is 3.05. The van der Waals surface area contributed by atoms with E-state index in [2.05, 4.69) is 5.32 Å². The van der Waals surface area contributed by atoms with Crippen molar-refractivity contribution in [3.63, 3.8) is 0 Å². The molecule has 1 fully saturated rings. The van der Waals surface area contributed by atoms with Crippen molar-refractivity contribution < 1.29 is 19.5 Å². The number of hydrogen-bond acceptors (Lipinski definition) is 3. The maximum atomic E-state index is 12.0. The van der Waals surface area contributed by atoms with Crippen LogP contribution in [0, 0.1) is 11.8 Å². The Kier molecular flexibility index (Phi) is 4.69. The van der Waals surface area contributed by atoms with E-state index in [1.54, 1.807) is 0 Å². The number of nitrogens with one attached hydrogen (secondary N) is 1. The Labute approximate surface area is 106 Å². The lowest BCUT2D eigenvalue weighted by Crippen LogP contribution is -2.59. The van der Waals surface area contributed by atoms with E-state index in [0.717, 1.165) is 0 Å². The number of rotatable bonds is 4. The number of carbonyl (C=O) groups excluding carboxylic acids is 2. The molecule has 0 saturated carbocycles. The van der Waals surface area contributed by atoms with Crippen molar-refractivity contribution in [2.45, 2.75) is 33.2 Å². The fourth-order valence-corrected chi connectivity index (χ4v) is 2.01. The number of aliphatic carboxylic acids is 1. The van der Waals surface area contributed by atoms with Crippen LogP contribution in [0.4, 0.5) is 0 Å². The highest BCUT2D eigenvalue weighted by molar-refractivity contribution is 5.99. The van der Waals surface area contributed by atoms with Gasteiger partial charge in [0.15, 0.2) is 0 Å². The van der Waals surface area contributed by atoms with Gasteiger partial charge in [-0.2, -0.15) is 0 Å². The molecule has 0 aromatic heterocycles. The zero-order chi connectivity index (χ0) is 13.9. The number of piperazine rings is 1. The summed E-state index contributed by atoms with van der Waals surface area (Å²) in [6.45, 7) is 6.03. The van der Waals surface area contributed by atoms with Gasteiger partial charge in [-0.25, -0.2) is 0 Å². The van der Waals surface area contributed by atoms with Crippen LogP contribution in [-0.2, 0) is 14.4 Å². The average molecular weight is 256 g/mol. The predicted molar refractivity (Wildman–Crippen MR) is 64.8 cm³/mol. The smallest absolute Gasteiger partial charge is 0.315 e. The van der Waals surface area contributed by atoms with Crippen LogP contribution in [0.25, 0.3) is 0 Å². The van der Waals surface area contributed by atoms with Crippen molar-refractivity contribution in [1.82, 2.24) is 10.2 Å². The highest BCUT2D eigenvalue weighted by Gasteiger charge is 2.36. The van der Waals surface area contributed by atoms with Gasteiger partial charge >= 0.3 is 5.97 Å². The zero-order valence-electron chi connectivity index (χ0n) is 11.0. The lowest BCUT2D eigenvalue weighted by molar-refractivity contribution is -0.155. The summed E-state index contributed by atoms with van der Waals surface area (Å²) in [7, 11) is 0. The van der Waals surface area contributed by atoms with Crippen molar-refractivity contribution in [1.29, 1.82) is 0 Å². The SMILES string of the molecule is CC(C)CC1C(=O)NCCN1C(=O)C(C)C(=O)O. The molecule has 102 valence electrons. The predicted octanol–water partition coefficient (Wildman–Crippen LogP) is 0.0802. The molecule has 2 unspecified atom stereocenters. The minimum absolute atomic E-state index is 0.194. The molecule has 2 N–H and O–H groups in total. The van der Waals surface area contributed by atoms with Gasteiger partial charge in [-0.1, -0.05) is 13.8 Å². The van der Waals surface area contributed by atoms with Gasteiger partial charge in [-0.3, -0.25) is 14.4 Å². The monoisotopic (exact) mass is 256 g/mol. The van der Waals surface area contributed by atoms with Gasteiger partial charge in [0.25, 0.3) is 0 Å². The van der Waals surface area contributed by atoms with E-state index < -0.39 is 23.8 Å². The van der Waals surface area contributed by atoms with E-state index in [-0.39, 0.29) is 11.8 Å². The topological polar surface area (TPSA) is 86.7 Å². The third-order valence-corrected chi connectivity index (χ3v) is 3.05. The van der Waals surface area contributed by atoms with Gasteiger partial charge in [0, 0.05) is 13.1 Å². The van der Waals surface area contributed by atoms with Gasteiger partial charge in [0.2, 0.25) is 11.8 Å². The average Bonchev–Trinajstić information content (AvgIpc) is 2.29. The van der Waals surface area contributed by atoms with Crippen molar-refractivity contribution in [3.05, 3.63) is 0 Å². The molecule has 0 aliphatic carbocycles. The Morgan fingerprint density at radius 3 is 2.56 bits per heavy atom. The largest absolute Gasteiger partial charge is 0.481 e. The number of carboxylic acid groups (broad SMARTS) is 1. The molecule has 0 aromatic rings. The summed E-state index contributed by atoms with van der Waals surface area (Å²) in [6, 6.07) is -0.548. The number of nitrogens with zero attached hydrogens (tertiary/aromatic N) is 1. The summed E-state index contributed by atoms with van der Waals surface area (Å²) in [4.78, 5) is 36.1. The molecule has 0 spiro atoms. The normalized spacial score (nSPS) is 21.7. The summed E-state index contributed by atoms with van der Waals surface area (Å²) in [5, 5.41) is 11.6. The van der Waals surface area contributed by atoms with Crippen molar-refractivity contribution in [2.75, 3.05) is 13.1 Å². The molecule has 0 radical (unpaired) electrons. The number of amides is 2. The fraction of sp³-hybridized carbons (Fsp3) is 0.750. The summed E-state index contributed by atoms with van der Waals surface area (Å²) < 4.78 is 0. The zero-order valence-corrected chi connectivity index (χ0v) is 11.0. The number of carboxylic acids is 1. The van der Waals surface area contributed by atoms with Gasteiger partial charge in [0.05, 0.1) is 0 Å². The van der Waals surface area contributed by atoms with E-state index in [1.165, 1.54) is 11.8 Å². The quantitative estimate of drug-likeness (QED) is 0.697. The Morgan fingerprint density at radius 2 is 2.06 bits per heavy atom. The van der Waals surface area contributed by atoms with E-state index in [4.69, 9.17) is 5.11 Å². The van der Waals surface area contributed by atoms with E-state index >= 15 is 0 Å². The molecular formula is C12H20N2O4. The van der Waals surface area contributed by atoms with Crippen LogP contribution in [0.2, 0.25) is 0 Å². The first kappa shape index (κ1) is 14.5. The molecule has 2 amide bonds. The Bertz CT molecular complexity index is 354. The van der Waals surface area contributed by atoms with Crippen molar-refractivity contribution >= 4 is 17.8 Å². The summed E-state index contributed by atoms with van der Waals surface area (Å²) in [5.74, 6) is -2.68. The molecule has 1 aliphatic rings. The lowest BCUT2D eigenvalue weighted by Gasteiger charge is -2.36. The summed E-state index contributed by atoms with van der Waals surface area (Å²) in [5.41, 5.74) is 0. The second-order valence-electron chi connectivity index (χ2n) is 5.03. The maximum Gasteiger partial charge on any atom is 0.315 e. The van der Waals surface area contributed by atoms with E-state index in [1.807, 2.05) is 13.8 Å². The number of carbonyl (C=O) groups is 3. The van der Waals surface area contributed by atoms with Gasteiger partial charge in [0.1, 0.15) is 12.0 Å². The Balaban J connectivity index is 2.85. The van der Waals surface area contributed by atoms with E-state index in [9.17, 15) is 14.4 Å². The molecule has 1 aliphatic heterocycles. The molecule has 0 aromatic carbocycles. The van der Waals surface area contributed by atoms with Crippen LogP contribution >= 0.6 is 0 Å². The highest BCUT2D eigenvalue weighted by Crippen LogP contribution is 2.17. The summed E-state index contributed by atoms with van der Waals surface area (Å²) >= 11 is 0. The molecule has 1 rings (SSSR count). The Morgan fingerprint density at radius 1 is 1.44 bits per heavy atom. The number of hydrogen-bond donors (Lipinski definition) is 2. The first-order valence-electron chi connectivity index (χ1n) is 6.15. The molecule has 6 heteroatoms. The van der Waals surface area contributed by atoms with Crippen LogP contribution < -0.4 is 5.32 Å². The van der Waals surface area contributed by atoms with Crippen LogP contribution in [0.1, 0.15) is 27.2 Å². The maximum absolute atomic E-state index is 12.0. The van der Waals surface area contributed by atoms with Crippen molar-refractivity contribution in [3.8, 4) is 0 Å². The molecule has 1 heterocycles. The first-order valence-corrected chi connectivity index (χ1v) is 6.15. The summed E-state index contributed by atoms with van der Waals surface area (Å²) in [6.07, 6.45) is 0.546. The Hall–Kier alpha value is -1.59. The van der Waals surface area contributed by atoms with Gasteiger partial charge in [-0.05, 0) is 19.3 Å². The molecule has 1 saturated heterocycles. The minimum Gasteiger partial charge on any atom is -0.481 e. The molecule has 6 nitrogen and oxygen atoms in total. The lowest BCUT2D eigenvalue weighted by atomic mass is 9.98. The van der Waals surface area contributed by atoms with E-state index in [0.29, 0.717) is 19.5 Å². The van der Waals surface area contributed by atoms with Crippen molar-refractivity contribution in [2.24, 2.45) is 11.8 Å².